The van der Waals surface area contributed by atoms with Crippen LogP contribution in [0.1, 0.15) is 18.2 Å². The first-order chi connectivity index (χ1) is 14.0. The Balaban J connectivity index is 1.75. The summed E-state index contributed by atoms with van der Waals surface area (Å²) in [7, 11) is -2.86. The fraction of sp³-hybridized carbons (Fsp3) is 0.158. The Hall–Kier alpha value is -2.98. The van der Waals surface area contributed by atoms with E-state index in [9.17, 15) is 17.2 Å². The number of rotatable bonds is 6. The Morgan fingerprint density at radius 1 is 1.10 bits per heavy atom. The van der Waals surface area contributed by atoms with Crippen LogP contribution < -0.4 is 4.72 Å². The van der Waals surface area contributed by atoms with E-state index in [2.05, 4.69) is 19.9 Å². The molecular weight excluding hydrogens is 405 g/mol. The topological polar surface area (TPSA) is 87.7 Å². The van der Waals surface area contributed by atoms with E-state index in [4.69, 9.17) is 0 Å². The Morgan fingerprint density at radius 2 is 1.93 bits per heavy atom. The maximum Gasteiger partial charge on any atom is 0.201 e. The van der Waals surface area contributed by atoms with Crippen molar-refractivity contribution in [2.24, 2.45) is 0 Å². The van der Waals surface area contributed by atoms with Crippen molar-refractivity contribution in [3.05, 3.63) is 59.9 Å². The lowest BCUT2D eigenvalue weighted by atomic mass is 9.96. The highest BCUT2D eigenvalue weighted by Gasteiger charge is 2.21. The first-order valence-electron chi connectivity index (χ1n) is 8.68. The van der Waals surface area contributed by atoms with Crippen molar-refractivity contribution in [3.63, 3.8) is 0 Å². The molecule has 4 aromatic rings. The largest absolute Gasteiger partial charge is 0.261 e. The molecule has 0 saturated heterocycles. The molecule has 0 aliphatic carbocycles. The summed E-state index contributed by atoms with van der Waals surface area (Å²) < 4.78 is 67.0. The lowest BCUT2D eigenvalue weighted by molar-refractivity contribution is 0.314. The summed E-state index contributed by atoms with van der Waals surface area (Å²) in [6.07, 6.45) is 1.12. The van der Waals surface area contributed by atoms with Crippen LogP contribution in [0, 0.1) is 11.6 Å². The van der Waals surface area contributed by atoms with Crippen molar-refractivity contribution in [1.82, 2.24) is 19.9 Å². The monoisotopic (exact) mass is 420 g/mol. The molecule has 0 amide bonds. The van der Waals surface area contributed by atoms with E-state index in [1.54, 1.807) is 30.6 Å². The zero-order chi connectivity index (χ0) is 20.5. The summed E-state index contributed by atoms with van der Waals surface area (Å²) in [6, 6.07) is 6.88. The first kappa shape index (κ1) is 19.3. The molecule has 4 rings (SSSR count). The molecule has 0 aliphatic rings. The second-order valence-corrected chi connectivity index (χ2v) is 7.27. The van der Waals surface area contributed by atoms with Crippen LogP contribution in [-0.4, -0.2) is 30.1 Å². The maximum atomic E-state index is 15.0. The van der Waals surface area contributed by atoms with Crippen molar-refractivity contribution >= 4 is 32.7 Å². The SMILES string of the molecule is O=[SH](=O)NCCC(F)c1ccc(F)c(-c2ccc3c(cnc4[nH]ncc43)c2)c1F. The van der Waals surface area contributed by atoms with Gasteiger partial charge in [-0.1, -0.05) is 18.2 Å². The number of benzene rings is 2. The summed E-state index contributed by atoms with van der Waals surface area (Å²) in [6.45, 7) is -0.186. The number of alkyl halides is 1. The van der Waals surface area contributed by atoms with Crippen LogP contribution in [0.15, 0.2) is 42.7 Å². The van der Waals surface area contributed by atoms with Crippen molar-refractivity contribution in [2.45, 2.75) is 12.6 Å². The predicted octanol–water partition coefficient (Wildman–Crippen LogP) is 3.57. The van der Waals surface area contributed by atoms with Crippen molar-refractivity contribution in [1.29, 1.82) is 0 Å². The Bertz CT molecular complexity index is 1280. The second kappa shape index (κ2) is 7.80. The molecule has 1 unspecified atom stereocenters. The molecule has 0 bridgehead atoms. The summed E-state index contributed by atoms with van der Waals surface area (Å²) in [5.41, 5.74) is 0.167. The van der Waals surface area contributed by atoms with Gasteiger partial charge in [-0.2, -0.15) is 5.10 Å². The average Bonchev–Trinajstić information content (AvgIpc) is 3.16. The van der Waals surface area contributed by atoms with Crippen molar-refractivity contribution < 1.29 is 21.6 Å². The molecule has 6 nitrogen and oxygen atoms in total. The Labute approximate surface area is 164 Å². The first-order valence-corrected chi connectivity index (χ1v) is 9.85. The molecular formula is C19H15F3N4O2S. The quantitative estimate of drug-likeness (QED) is 0.416. The van der Waals surface area contributed by atoms with Gasteiger partial charge in [0.2, 0.25) is 10.9 Å². The minimum Gasteiger partial charge on any atom is -0.261 e. The zero-order valence-corrected chi connectivity index (χ0v) is 15.7. The van der Waals surface area contributed by atoms with Gasteiger partial charge in [0.25, 0.3) is 0 Å². The summed E-state index contributed by atoms with van der Waals surface area (Å²) >= 11 is 0. The molecule has 0 radical (unpaired) electrons. The third-order valence-electron chi connectivity index (χ3n) is 4.68. The third-order valence-corrected chi connectivity index (χ3v) is 5.16. The molecule has 0 spiro atoms. The molecule has 1 atom stereocenters. The van der Waals surface area contributed by atoms with Gasteiger partial charge in [0, 0.05) is 29.1 Å². The molecule has 10 heteroatoms. The fourth-order valence-electron chi connectivity index (χ4n) is 3.29. The molecule has 29 heavy (non-hydrogen) atoms. The number of aromatic nitrogens is 3. The molecule has 0 aliphatic heterocycles. The summed E-state index contributed by atoms with van der Waals surface area (Å²) in [5.74, 6) is -1.84. The van der Waals surface area contributed by atoms with E-state index < -0.39 is 28.7 Å². The van der Waals surface area contributed by atoms with Crippen LogP contribution >= 0.6 is 0 Å². The fourth-order valence-corrected chi connectivity index (χ4v) is 3.60. The number of fused-ring (bicyclic) bond motifs is 3. The van der Waals surface area contributed by atoms with E-state index in [0.29, 0.717) is 11.0 Å². The number of nitrogens with one attached hydrogen (secondary N) is 2. The number of hydrogen-bond acceptors (Lipinski definition) is 4. The number of nitrogens with zero attached hydrogens (tertiary/aromatic N) is 2. The number of thiol groups is 1. The van der Waals surface area contributed by atoms with Crippen LogP contribution in [0.25, 0.3) is 32.9 Å². The highest BCUT2D eigenvalue weighted by Crippen LogP contribution is 2.35. The van der Waals surface area contributed by atoms with Crippen LogP contribution in [0.3, 0.4) is 0 Å². The van der Waals surface area contributed by atoms with E-state index in [1.807, 2.05) is 0 Å². The van der Waals surface area contributed by atoms with Gasteiger partial charge in [-0.05, 0) is 29.5 Å². The van der Waals surface area contributed by atoms with Gasteiger partial charge < -0.3 is 0 Å². The Kier molecular flexibility index (Phi) is 5.20. The number of aromatic amines is 1. The molecule has 0 fully saturated rings. The van der Waals surface area contributed by atoms with E-state index >= 15 is 4.39 Å². The van der Waals surface area contributed by atoms with Gasteiger partial charge in [-0.15, -0.1) is 0 Å². The maximum absolute atomic E-state index is 15.0. The Morgan fingerprint density at radius 3 is 2.72 bits per heavy atom. The zero-order valence-electron chi connectivity index (χ0n) is 14.8. The number of halogens is 3. The van der Waals surface area contributed by atoms with Crippen LogP contribution in [0.2, 0.25) is 0 Å². The lowest BCUT2D eigenvalue weighted by Crippen LogP contribution is -2.15. The summed E-state index contributed by atoms with van der Waals surface area (Å²) in [5, 5.41) is 8.93. The van der Waals surface area contributed by atoms with Gasteiger partial charge in [-0.3, -0.25) is 5.10 Å². The standard InChI is InChI=1S/C19H15F3N4O2S/c20-15(5-6-25-29(27)28)13-3-4-16(21)17(18(13)22)10-1-2-12-11(7-10)8-23-19-14(12)9-24-26-19/h1-4,7-9,15,29H,5-6H2,(H,23,24,26)(H,25,27,28). The molecule has 150 valence electrons. The second-order valence-electron chi connectivity index (χ2n) is 6.44. The highest BCUT2D eigenvalue weighted by molar-refractivity contribution is 7.70. The minimum absolute atomic E-state index is 0.186. The third kappa shape index (κ3) is 3.68. The van der Waals surface area contributed by atoms with Crippen LogP contribution in [0.4, 0.5) is 13.2 Å². The smallest absolute Gasteiger partial charge is 0.201 e. The minimum atomic E-state index is -2.86. The molecule has 2 aromatic carbocycles. The van der Waals surface area contributed by atoms with Crippen LogP contribution in [-0.2, 0) is 10.9 Å². The van der Waals surface area contributed by atoms with Crippen molar-refractivity contribution in [2.75, 3.05) is 6.54 Å². The molecule has 2 aromatic heterocycles. The van der Waals surface area contributed by atoms with Crippen molar-refractivity contribution in [3.8, 4) is 11.1 Å². The summed E-state index contributed by atoms with van der Waals surface area (Å²) in [4.78, 5) is 4.22. The highest BCUT2D eigenvalue weighted by atomic mass is 32.2. The molecule has 2 heterocycles. The van der Waals surface area contributed by atoms with Gasteiger partial charge >= 0.3 is 0 Å². The van der Waals surface area contributed by atoms with E-state index in [-0.39, 0.29) is 29.7 Å². The van der Waals surface area contributed by atoms with Gasteiger partial charge in [0.1, 0.15) is 17.8 Å². The predicted molar refractivity (Wildman–Crippen MR) is 104 cm³/mol. The van der Waals surface area contributed by atoms with Gasteiger partial charge in [-0.25, -0.2) is 31.3 Å². The normalized spacial score (nSPS) is 12.8. The van der Waals surface area contributed by atoms with E-state index in [0.717, 1.165) is 22.9 Å². The van der Waals surface area contributed by atoms with E-state index in [1.165, 1.54) is 0 Å². The molecule has 0 saturated carbocycles. The average molecular weight is 420 g/mol. The number of H-pyrrole nitrogens is 1. The van der Waals surface area contributed by atoms with Crippen LogP contribution in [0.5, 0.6) is 0 Å². The van der Waals surface area contributed by atoms with Gasteiger partial charge in [0.05, 0.1) is 11.8 Å². The molecule has 2 N–H and O–H groups in total. The number of pyridine rings is 1. The van der Waals surface area contributed by atoms with Gasteiger partial charge in [0.15, 0.2) is 5.65 Å². The number of hydrogen-bond donors (Lipinski definition) is 3. The lowest BCUT2D eigenvalue weighted by Gasteiger charge is -2.14.